The van der Waals surface area contributed by atoms with Gasteiger partial charge in [-0.2, -0.15) is 0 Å². The van der Waals surface area contributed by atoms with Crippen molar-refractivity contribution in [3.63, 3.8) is 0 Å². The maximum absolute atomic E-state index is 11.6. The van der Waals surface area contributed by atoms with Gasteiger partial charge >= 0.3 is 5.97 Å². The summed E-state index contributed by atoms with van der Waals surface area (Å²) < 4.78 is 0. The Morgan fingerprint density at radius 2 is 1.80 bits per heavy atom. The zero-order valence-corrected chi connectivity index (χ0v) is 9.32. The summed E-state index contributed by atoms with van der Waals surface area (Å²) in [5.74, 6) is -0.363. The number of aliphatic carboxylic acids is 1. The van der Waals surface area contributed by atoms with Crippen LogP contribution in [-0.4, -0.2) is 23.0 Å². The summed E-state index contributed by atoms with van der Waals surface area (Å²) in [6.07, 6.45) is 3.91. The molecule has 4 heteroatoms. The third-order valence-corrected chi connectivity index (χ3v) is 3.12. The molecular formula is C11H19NO3. The average molecular weight is 213 g/mol. The fourth-order valence-electron chi connectivity index (χ4n) is 1.92. The van der Waals surface area contributed by atoms with E-state index in [9.17, 15) is 9.59 Å². The van der Waals surface area contributed by atoms with E-state index in [4.69, 9.17) is 5.11 Å². The van der Waals surface area contributed by atoms with E-state index in [2.05, 4.69) is 12.2 Å². The lowest BCUT2D eigenvalue weighted by Gasteiger charge is -2.25. The van der Waals surface area contributed by atoms with E-state index in [-0.39, 0.29) is 11.8 Å². The van der Waals surface area contributed by atoms with Crippen LogP contribution in [0.4, 0.5) is 0 Å². The van der Waals surface area contributed by atoms with Crippen molar-refractivity contribution in [3.05, 3.63) is 0 Å². The van der Waals surface area contributed by atoms with Crippen molar-refractivity contribution in [2.45, 2.75) is 45.6 Å². The molecule has 1 saturated carbocycles. The number of carbonyl (C=O) groups is 2. The molecule has 86 valence electrons. The van der Waals surface area contributed by atoms with Gasteiger partial charge in [-0.3, -0.25) is 9.59 Å². The molecule has 1 unspecified atom stereocenters. The van der Waals surface area contributed by atoms with Gasteiger partial charge in [0.05, 0.1) is 0 Å². The first kappa shape index (κ1) is 12.0. The predicted octanol–water partition coefficient (Wildman–Crippen LogP) is 1.40. The van der Waals surface area contributed by atoms with Gasteiger partial charge in [-0.25, -0.2) is 0 Å². The van der Waals surface area contributed by atoms with Crippen LogP contribution < -0.4 is 5.32 Å². The van der Waals surface area contributed by atoms with Crippen LogP contribution in [0.25, 0.3) is 0 Å². The maximum Gasteiger partial charge on any atom is 0.325 e. The summed E-state index contributed by atoms with van der Waals surface area (Å²) in [6, 6.07) is -0.781. The Morgan fingerprint density at radius 1 is 1.27 bits per heavy atom. The lowest BCUT2D eigenvalue weighted by Crippen LogP contribution is -2.42. The van der Waals surface area contributed by atoms with Crippen molar-refractivity contribution in [3.8, 4) is 0 Å². The van der Waals surface area contributed by atoms with Crippen molar-refractivity contribution >= 4 is 11.9 Å². The van der Waals surface area contributed by atoms with E-state index in [1.54, 1.807) is 0 Å². The van der Waals surface area contributed by atoms with Gasteiger partial charge in [0.25, 0.3) is 0 Å². The monoisotopic (exact) mass is 213 g/mol. The van der Waals surface area contributed by atoms with E-state index in [0.717, 1.165) is 25.7 Å². The van der Waals surface area contributed by atoms with Gasteiger partial charge < -0.3 is 10.4 Å². The van der Waals surface area contributed by atoms with Gasteiger partial charge in [-0.05, 0) is 38.5 Å². The summed E-state index contributed by atoms with van der Waals surface area (Å²) in [7, 11) is 0. The van der Waals surface area contributed by atoms with Gasteiger partial charge in [-0.15, -0.1) is 0 Å². The molecule has 0 aromatic heterocycles. The van der Waals surface area contributed by atoms with Gasteiger partial charge in [0.2, 0.25) is 5.91 Å². The minimum atomic E-state index is -0.979. The lowest BCUT2D eigenvalue weighted by molar-refractivity contribution is -0.142. The molecule has 4 nitrogen and oxygen atoms in total. The van der Waals surface area contributed by atoms with E-state index >= 15 is 0 Å². The topological polar surface area (TPSA) is 66.4 Å². The van der Waals surface area contributed by atoms with Crippen molar-refractivity contribution in [2.75, 3.05) is 0 Å². The van der Waals surface area contributed by atoms with Crippen molar-refractivity contribution in [2.24, 2.45) is 11.8 Å². The number of carboxylic acids is 1. The zero-order chi connectivity index (χ0) is 11.4. The summed E-state index contributed by atoms with van der Waals surface area (Å²) in [5.41, 5.74) is 0. The van der Waals surface area contributed by atoms with Crippen LogP contribution in [-0.2, 0) is 9.59 Å². The molecular weight excluding hydrogens is 194 g/mol. The number of rotatable bonds is 3. The first-order valence-electron chi connectivity index (χ1n) is 5.54. The highest BCUT2D eigenvalue weighted by Crippen LogP contribution is 2.28. The normalized spacial score (nSPS) is 28.1. The van der Waals surface area contributed by atoms with Crippen LogP contribution in [0, 0.1) is 11.8 Å². The first-order chi connectivity index (χ1) is 7.00. The molecule has 1 aliphatic carbocycles. The molecule has 1 rings (SSSR count). The largest absolute Gasteiger partial charge is 0.480 e. The second kappa shape index (κ2) is 5.14. The minimum absolute atomic E-state index is 0.0167. The molecule has 2 N–H and O–H groups in total. The maximum atomic E-state index is 11.6. The summed E-state index contributed by atoms with van der Waals surface area (Å²) in [5, 5.41) is 11.2. The summed E-state index contributed by atoms with van der Waals surface area (Å²) in [4.78, 5) is 22.2. The van der Waals surface area contributed by atoms with Crippen molar-refractivity contribution in [1.29, 1.82) is 0 Å². The number of hydrogen-bond donors (Lipinski definition) is 2. The molecule has 0 aliphatic heterocycles. The molecule has 0 bridgehead atoms. The Balaban J connectivity index is 2.37. The molecule has 15 heavy (non-hydrogen) atoms. The van der Waals surface area contributed by atoms with Crippen LogP contribution in [0.2, 0.25) is 0 Å². The number of nitrogens with one attached hydrogen (secondary N) is 1. The number of amides is 1. The Bertz CT molecular complexity index is 244. The van der Waals surface area contributed by atoms with E-state index in [0.29, 0.717) is 5.92 Å². The van der Waals surface area contributed by atoms with Crippen LogP contribution in [0.5, 0.6) is 0 Å². The quantitative estimate of drug-likeness (QED) is 0.744. The summed E-state index contributed by atoms with van der Waals surface area (Å²) in [6.45, 7) is 3.68. The molecule has 0 aromatic rings. The Kier molecular flexibility index (Phi) is 4.12. The summed E-state index contributed by atoms with van der Waals surface area (Å²) >= 11 is 0. The predicted molar refractivity (Wildman–Crippen MR) is 56.4 cm³/mol. The second-order valence-electron chi connectivity index (χ2n) is 4.53. The molecule has 0 heterocycles. The highest BCUT2D eigenvalue weighted by atomic mass is 16.4. The molecule has 1 fully saturated rings. The first-order valence-corrected chi connectivity index (χ1v) is 5.54. The molecule has 1 aliphatic rings. The standard InChI is InChI=1S/C11H19NO3/c1-7-3-5-9(6-4-7)10(13)12-8(2)11(14)15/h7-9H,3-6H2,1-2H3,(H,12,13)(H,14,15). The Morgan fingerprint density at radius 3 is 2.27 bits per heavy atom. The number of hydrogen-bond acceptors (Lipinski definition) is 2. The second-order valence-corrected chi connectivity index (χ2v) is 4.53. The lowest BCUT2D eigenvalue weighted by atomic mass is 9.82. The zero-order valence-electron chi connectivity index (χ0n) is 9.32. The Labute approximate surface area is 90.0 Å². The van der Waals surface area contributed by atoms with Gasteiger partial charge in [0, 0.05) is 5.92 Å². The van der Waals surface area contributed by atoms with E-state index in [1.165, 1.54) is 6.92 Å². The van der Waals surface area contributed by atoms with E-state index in [1.807, 2.05) is 0 Å². The van der Waals surface area contributed by atoms with Crippen LogP contribution >= 0.6 is 0 Å². The smallest absolute Gasteiger partial charge is 0.325 e. The molecule has 0 aromatic carbocycles. The molecule has 0 spiro atoms. The highest BCUT2D eigenvalue weighted by Gasteiger charge is 2.26. The molecule has 0 radical (unpaired) electrons. The van der Waals surface area contributed by atoms with Gasteiger partial charge in [0.1, 0.15) is 6.04 Å². The van der Waals surface area contributed by atoms with Crippen LogP contribution in [0.1, 0.15) is 39.5 Å². The minimum Gasteiger partial charge on any atom is -0.480 e. The van der Waals surface area contributed by atoms with Crippen molar-refractivity contribution in [1.82, 2.24) is 5.32 Å². The fourth-order valence-corrected chi connectivity index (χ4v) is 1.92. The number of carboxylic acid groups (broad SMARTS) is 1. The van der Waals surface area contributed by atoms with Gasteiger partial charge in [-0.1, -0.05) is 6.92 Å². The fraction of sp³-hybridized carbons (Fsp3) is 0.818. The van der Waals surface area contributed by atoms with Crippen LogP contribution in [0.15, 0.2) is 0 Å². The average Bonchev–Trinajstić information content (AvgIpc) is 2.18. The van der Waals surface area contributed by atoms with Gasteiger partial charge in [0.15, 0.2) is 0 Å². The Hall–Kier alpha value is -1.06. The molecule has 1 atom stereocenters. The van der Waals surface area contributed by atoms with Crippen LogP contribution in [0.3, 0.4) is 0 Å². The molecule has 0 saturated heterocycles. The van der Waals surface area contributed by atoms with E-state index < -0.39 is 12.0 Å². The molecule has 1 amide bonds. The SMILES string of the molecule is CC1CCC(C(=O)NC(C)C(=O)O)CC1. The third kappa shape index (κ3) is 3.53. The van der Waals surface area contributed by atoms with Crippen molar-refractivity contribution < 1.29 is 14.7 Å². The number of carbonyl (C=O) groups excluding carboxylic acids is 1. The third-order valence-electron chi connectivity index (χ3n) is 3.12. The highest BCUT2D eigenvalue weighted by molar-refractivity contribution is 5.84.